The van der Waals surface area contributed by atoms with Gasteiger partial charge in [-0.25, -0.2) is 0 Å². The van der Waals surface area contributed by atoms with Crippen molar-refractivity contribution in [2.75, 3.05) is 6.54 Å². The van der Waals surface area contributed by atoms with Crippen LogP contribution in [-0.4, -0.2) is 12.5 Å². The predicted octanol–water partition coefficient (Wildman–Crippen LogP) is 0.989. The van der Waals surface area contributed by atoms with Crippen molar-refractivity contribution in [2.45, 2.75) is 6.04 Å². The van der Waals surface area contributed by atoms with Crippen LogP contribution >= 0.6 is 0 Å². The third-order valence-corrected chi connectivity index (χ3v) is 1.86. The molecule has 0 aliphatic heterocycles. The van der Waals surface area contributed by atoms with Gasteiger partial charge < -0.3 is 11.1 Å². The summed E-state index contributed by atoms with van der Waals surface area (Å²) in [6.45, 7) is 3.95. The number of nitrogens with two attached hydrogens (primary N) is 1. The summed E-state index contributed by atoms with van der Waals surface area (Å²) < 4.78 is 0. The molecular weight excluding hydrogens is 176 g/mol. The van der Waals surface area contributed by atoms with Gasteiger partial charge in [0, 0.05) is 6.54 Å². The fraction of sp³-hybridized carbons (Fsp3) is 0.182. The van der Waals surface area contributed by atoms with E-state index in [1.54, 1.807) is 6.08 Å². The maximum atomic E-state index is 11.4. The van der Waals surface area contributed by atoms with E-state index in [4.69, 9.17) is 5.73 Å². The highest BCUT2D eigenvalue weighted by molar-refractivity contribution is 5.82. The molecule has 1 rings (SSSR count). The van der Waals surface area contributed by atoms with Gasteiger partial charge in [-0.1, -0.05) is 36.4 Å². The normalized spacial score (nSPS) is 11.8. The number of carbonyl (C=O) groups excluding carboxylic acids is 1. The van der Waals surface area contributed by atoms with Crippen molar-refractivity contribution in [3.63, 3.8) is 0 Å². The summed E-state index contributed by atoms with van der Waals surface area (Å²) in [5.41, 5.74) is 6.55. The Bertz CT molecular complexity index is 308. The zero-order chi connectivity index (χ0) is 10.4. The second-order valence-electron chi connectivity index (χ2n) is 2.92. The lowest BCUT2D eigenvalue weighted by molar-refractivity contribution is -0.122. The highest BCUT2D eigenvalue weighted by Gasteiger charge is 2.13. The molecule has 1 atom stereocenters. The first kappa shape index (κ1) is 10.5. The summed E-state index contributed by atoms with van der Waals surface area (Å²) in [6, 6.07) is 8.66. The van der Waals surface area contributed by atoms with E-state index in [9.17, 15) is 4.79 Å². The molecule has 0 aliphatic carbocycles. The molecular formula is C11H14N2O. The number of amides is 1. The molecule has 0 heterocycles. The number of nitrogens with one attached hydrogen (secondary N) is 1. The van der Waals surface area contributed by atoms with Gasteiger partial charge in [-0.05, 0) is 5.56 Å². The van der Waals surface area contributed by atoms with Crippen LogP contribution in [0.25, 0.3) is 0 Å². The average molecular weight is 190 g/mol. The SMILES string of the molecule is C=CCNC(=O)[C@H](N)c1ccccc1. The fourth-order valence-corrected chi connectivity index (χ4v) is 1.09. The highest BCUT2D eigenvalue weighted by atomic mass is 16.2. The Kier molecular flexibility index (Phi) is 3.88. The molecule has 3 nitrogen and oxygen atoms in total. The molecule has 0 radical (unpaired) electrons. The Morgan fingerprint density at radius 2 is 2.14 bits per heavy atom. The van der Waals surface area contributed by atoms with Gasteiger partial charge >= 0.3 is 0 Å². The molecule has 1 aromatic carbocycles. The Labute approximate surface area is 83.6 Å². The smallest absolute Gasteiger partial charge is 0.241 e. The van der Waals surface area contributed by atoms with Gasteiger partial charge in [0.2, 0.25) is 5.91 Å². The Morgan fingerprint density at radius 3 is 2.71 bits per heavy atom. The summed E-state index contributed by atoms with van der Waals surface area (Å²) >= 11 is 0. The first-order valence-corrected chi connectivity index (χ1v) is 4.45. The Hall–Kier alpha value is -1.61. The summed E-state index contributed by atoms with van der Waals surface area (Å²) in [5.74, 6) is -0.184. The van der Waals surface area contributed by atoms with Crippen molar-refractivity contribution in [1.82, 2.24) is 5.32 Å². The van der Waals surface area contributed by atoms with E-state index in [1.807, 2.05) is 30.3 Å². The number of carbonyl (C=O) groups is 1. The second-order valence-corrected chi connectivity index (χ2v) is 2.92. The van der Waals surface area contributed by atoms with Crippen molar-refractivity contribution in [3.05, 3.63) is 48.6 Å². The molecule has 0 fully saturated rings. The topological polar surface area (TPSA) is 55.1 Å². The van der Waals surface area contributed by atoms with Crippen LogP contribution in [0.5, 0.6) is 0 Å². The average Bonchev–Trinajstić information content (AvgIpc) is 2.26. The van der Waals surface area contributed by atoms with Crippen LogP contribution in [0.3, 0.4) is 0 Å². The molecule has 1 aromatic rings. The third kappa shape index (κ3) is 2.71. The van der Waals surface area contributed by atoms with Crippen molar-refractivity contribution in [1.29, 1.82) is 0 Å². The molecule has 0 saturated carbocycles. The lowest BCUT2D eigenvalue weighted by atomic mass is 10.1. The molecule has 0 unspecified atom stereocenters. The lowest BCUT2D eigenvalue weighted by Gasteiger charge is -2.10. The maximum absolute atomic E-state index is 11.4. The third-order valence-electron chi connectivity index (χ3n) is 1.86. The summed E-state index contributed by atoms with van der Waals surface area (Å²) in [7, 11) is 0. The number of rotatable bonds is 4. The standard InChI is InChI=1S/C11H14N2O/c1-2-8-13-11(14)10(12)9-6-4-3-5-7-9/h2-7,10H,1,8,12H2,(H,13,14)/t10-/m1/s1. The van der Waals surface area contributed by atoms with Crippen molar-refractivity contribution >= 4 is 5.91 Å². The van der Waals surface area contributed by atoms with E-state index in [-0.39, 0.29) is 5.91 Å². The highest BCUT2D eigenvalue weighted by Crippen LogP contribution is 2.08. The number of hydrogen-bond donors (Lipinski definition) is 2. The van der Waals surface area contributed by atoms with Gasteiger partial charge in [-0.15, -0.1) is 6.58 Å². The molecule has 0 saturated heterocycles. The molecule has 1 amide bonds. The van der Waals surface area contributed by atoms with Gasteiger partial charge in [0.15, 0.2) is 0 Å². The maximum Gasteiger partial charge on any atom is 0.241 e. The fourth-order valence-electron chi connectivity index (χ4n) is 1.09. The van der Waals surface area contributed by atoms with E-state index in [1.165, 1.54) is 0 Å². The quantitative estimate of drug-likeness (QED) is 0.695. The van der Waals surface area contributed by atoms with Gasteiger partial charge in [-0.2, -0.15) is 0 Å². The van der Waals surface area contributed by atoms with Crippen molar-refractivity contribution < 1.29 is 4.79 Å². The first-order valence-electron chi connectivity index (χ1n) is 4.45. The molecule has 0 bridgehead atoms. The van der Waals surface area contributed by atoms with Gasteiger partial charge in [0.25, 0.3) is 0 Å². The molecule has 74 valence electrons. The zero-order valence-electron chi connectivity index (χ0n) is 7.94. The van der Waals surface area contributed by atoms with Crippen LogP contribution in [0, 0.1) is 0 Å². The summed E-state index contributed by atoms with van der Waals surface area (Å²) in [5, 5.41) is 2.65. The molecule has 0 aromatic heterocycles. The van der Waals surface area contributed by atoms with Crippen molar-refractivity contribution in [2.24, 2.45) is 5.73 Å². The largest absolute Gasteiger partial charge is 0.351 e. The van der Waals surface area contributed by atoms with Crippen molar-refractivity contribution in [3.8, 4) is 0 Å². The minimum absolute atomic E-state index is 0.184. The molecule has 3 N–H and O–H groups in total. The summed E-state index contributed by atoms with van der Waals surface area (Å²) in [6.07, 6.45) is 1.62. The lowest BCUT2D eigenvalue weighted by Crippen LogP contribution is -2.34. The molecule has 0 spiro atoms. The van der Waals surface area contributed by atoms with Gasteiger partial charge in [0.05, 0.1) is 0 Å². The van der Waals surface area contributed by atoms with Crippen LogP contribution in [0.2, 0.25) is 0 Å². The minimum Gasteiger partial charge on any atom is -0.351 e. The van der Waals surface area contributed by atoms with Crippen LogP contribution in [0.1, 0.15) is 11.6 Å². The Balaban J connectivity index is 2.61. The number of benzene rings is 1. The van der Waals surface area contributed by atoms with Crippen LogP contribution in [0.15, 0.2) is 43.0 Å². The van der Waals surface area contributed by atoms with Crippen LogP contribution < -0.4 is 11.1 Å². The van der Waals surface area contributed by atoms with Crippen LogP contribution in [-0.2, 0) is 4.79 Å². The number of hydrogen-bond acceptors (Lipinski definition) is 2. The van der Waals surface area contributed by atoms with Gasteiger partial charge in [0.1, 0.15) is 6.04 Å². The molecule has 3 heteroatoms. The van der Waals surface area contributed by atoms with E-state index in [2.05, 4.69) is 11.9 Å². The van der Waals surface area contributed by atoms with E-state index < -0.39 is 6.04 Å². The van der Waals surface area contributed by atoms with E-state index >= 15 is 0 Å². The monoisotopic (exact) mass is 190 g/mol. The Morgan fingerprint density at radius 1 is 1.50 bits per heavy atom. The first-order chi connectivity index (χ1) is 6.75. The van der Waals surface area contributed by atoms with Gasteiger partial charge in [-0.3, -0.25) is 4.79 Å². The van der Waals surface area contributed by atoms with E-state index in [0.29, 0.717) is 6.54 Å². The minimum atomic E-state index is -0.601. The molecule has 14 heavy (non-hydrogen) atoms. The summed E-state index contributed by atoms with van der Waals surface area (Å²) in [4.78, 5) is 11.4. The predicted molar refractivity (Wildman–Crippen MR) is 56.6 cm³/mol. The molecule has 0 aliphatic rings. The second kappa shape index (κ2) is 5.19. The zero-order valence-corrected chi connectivity index (χ0v) is 7.94. The van der Waals surface area contributed by atoms with E-state index in [0.717, 1.165) is 5.56 Å². The van der Waals surface area contributed by atoms with Crippen LogP contribution in [0.4, 0.5) is 0 Å².